The van der Waals surface area contributed by atoms with Gasteiger partial charge in [0, 0.05) is 7.11 Å². The van der Waals surface area contributed by atoms with E-state index in [0.29, 0.717) is 6.54 Å². The summed E-state index contributed by atoms with van der Waals surface area (Å²) in [7, 11) is 1.51. The summed E-state index contributed by atoms with van der Waals surface area (Å²) < 4.78 is 4.94. The zero-order chi connectivity index (χ0) is 10.5. The zero-order valence-electron chi connectivity index (χ0n) is 8.76. The van der Waals surface area contributed by atoms with Gasteiger partial charge < -0.3 is 9.84 Å². The van der Waals surface area contributed by atoms with Gasteiger partial charge in [0.15, 0.2) is 0 Å². The Balaban J connectivity index is 4.69. The number of carboxylic acid groups (broad SMARTS) is 1. The van der Waals surface area contributed by atoms with E-state index in [9.17, 15) is 4.79 Å². The molecule has 0 spiro atoms. The third-order valence-corrected chi connectivity index (χ3v) is 2.23. The quantitative estimate of drug-likeness (QED) is 0.646. The van der Waals surface area contributed by atoms with Crippen LogP contribution >= 0.6 is 0 Å². The summed E-state index contributed by atoms with van der Waals surface area (Å²) in [5, 5.41) is 12.1. The van der Waals surface area contributed by atoms with E-state index < -0.39 is 11.5 Å². The van der Waals surface area contributed by atoms with Crippen molar-refractivity contribution in [1.29, 1.82) is 0 Å². The second kappa shape index (κ2) is 5.19. The maximum atomic E-state index is 11.1. The summed E-state index contributed by atoms with van der Waals surface area (Å²) in [5.74, 6) is -0.865. The predicted octanol–water partition coefficient (Wildman–Crippen LogP) is 0.722. The second-order valence-corrected chi connectivity index (χ2v) is 3.39. The van der Waals surface area contributed by atoms with Crippen LogP contribution in [0.5, 0.6) is 0 Å². The van der Waals surface area contributed by atoms with Crippen LogP contribution in [0.2, 0.25) is 0 Å². The number of rotatable bonds is 6. The minimum absolute atomic E-state index is 0.00935. The molecule has 4 nitrogen and oxygen atoms in total. The van der Waals surface area contributed by atoms with Crippen molar-refractivity contribution >= 4 is 5.97 Å². The van der Waals surface area contributed by atoms with Crippen molar-refractivity contribution < 1.29 is 14.6 Å². The third kappa shape index (κ3) is 2.67. The molecule has 1 unspecified atom stereocenters. The summed E-state index contributed by atoms with van der Waals surface area (Å²) >= 11 is 0. The molecule has 0 aromatic carbocycles. The molecule has 78 valence electrons. The zero-order valence-corrected chi connectivity index (χ0v) is 8.76. The van der Waals surface area contributed by atoms with Gasteiger partial charge in [0.2, 0.25) is 0 Å². The fourth-order valence-corrected chi connectivity index (χ4v) is 1.35. The molecule has 0 bridgehead atoms. The lowest BCUT2D eigenvalue weighted by Gasteiger charge is -2.33. The number of carboxylic acids is 1. The molecular weight excluding hydrogens is 170 g/mol. The lowest BCUT2D eigenvalue weighted by Crippen LogP contribution is -2.59. The summed E-state index contributed by atoms with van der Waals surface area (Å²) in [6.07, 6.45) is 0. The Kier molecular flexibility index (Phi) is 4.95. The molecule has 0 fully saturated rings. The Labute approximate surface area is 79.3 Å². The average molecular weight is 189 g/mol. The molecular formula is C9H19NO3. The van der Waals surface area contributed by atoms with E-state index in [4.69, 9.17) is 9.84 Å². The van der Waals surface area contributed by atoms with E-state index in [-0.39, 0.29) is 12.5 Å². The number of nitrogens with one attached hydrogen (secondary N) is 1. The number of carbonyl (C=O) groups is 1. The van der Waals surface area contributed by atoms with Crippen LogP contribution in [0.3, 0.4) is 0 Å². The van der Waals surface area contributed by atoms with Crippen LogP contribution < -0.4 is 5.32 Å². The van der Waals surface area contributed by atoms with E-state index in [2.05, 4.69) is 5.32 Å². The highest BCUT2D eigenvalue weighted by molar-refractivity contribution is 5.79. The van der Waals surface area contributed by atoms with Crippen molar-refractivity contribution in [2.45, 2.75) is 26.3 Å². The summed E-state index contributed by atoms with van der Waals surface area (Å²) in [4.78, 5) is 11.1. The van der Waals surface area contributed by atoms with Gasteiger partial charge in [-0.15, -0.1) is 0 Å². The highest BCUT2D eigenvalue weighted by atomic mass is 16.5. The second-order valence-electron chi connectivity index (χ2n) is 3.39. The first-order chi connectivity index (χ1) is 6.01. The monoisotopic (exact) mass is 189 g/mol. The maximum absolute atomic E-state index is 11.1. The van der Waals surface area contributed by atoms with Crippen molar-refractivity contribution in [3.8, 4) is 0 Å². The van der Waals surface area contributed by atoms with Crippen LogP contribution in [0.25, 0.3) is 0 Å². The highest BCUT2D eigenvalue weighted by Gasteiger charge is 2.40. The fourth-order valence-electron chi connectivity index (χ4n) is 1.35. The van der Waals surface area contributed by atoms with E-state index in [1.807, 2.05) is 20.8 Å². The lowest BCUT2D eigenvalue weighted by atomic mass is 9.87. The van der Waals surface area contributed by atoms with Crippen LogP contribution in [0.15, 0.2) is 0 Å². The van der Waals surface area contributed by atoms with E-state index in [1.54, 1.807) is 0 Å². The Morgan fingerprint density at radius 3 is 2.38 bits per heavy atom. The lowest BCUT2D eigenvalue weighted by molar-refractivity contribution is -0.149. The van der Waals surface area contributed by atoms with Crippen molar-refractivity contribution in [2.75, 3.05) is 20.3 Å². The topological polar surface area (TPSA) is 58.6 Å². The Morgan fingerprint density at radius 1 is 1.62 bits per heavy atom. The van der Waals surface area contributed by atoms with Gasteiger partial charge >= 0.3 is 5.97 Å². The van der Waals surface area contributed by atoms with Crippen molar-refractivity contribution in [1.82, 2.24) is 5.32 Å². The molecule has 0 heterocycles. The molecule has 0 radical (unpaired) electrons. The molecule has 0 saturated carbocycles. The van der Waals surface area contributed by atoms with E-state index in [1.165, 1.54) is 7.11 Å². The van der Waals surface area contributed by atoms with Crippen LogP contribution in [0.4, 0.5) is 0 Å². The highest BCUT2D eigenvalue weighted by Crippen LogP contribution is 2.17. The molecule has 0 amide bonds. The van der Waals surface area contributed by atoms with Crippen molar-refractivity contribution in [3.63, 3.8) is 0 Å². The SMILES string of the molecule is CCNC(COC)(C(=O)O)C(C)C. The van der Waals surface area contributed by atoms with E-state index >= 15 is 0 Å². The maximum Gasteiger partial charge on any atom is 0.326 e. The largest absolute Gasteiger partial charge is 0.480 e. The molecule has 0 aromatic rings. The van der Waals surface area contributed by atoms with Gasteiger partial charge in [-0.3, -0.25) is 10.1 Å². The normalized spacial score (nSPS) is 15.8. The van der Waals surface area contributed by atoms with Crippen molar-refractivity contribution in [3.05, 3.63) is 0 Å². The van der Waals surface area contributed by atoms with Gasteiger partial charge in [-0.25, -0.2) is 0 Å². The molecule has 4 heteroatoms. The minimum atomic E-state index is -0.955. The van der Waals surface area contributed by atoms with Gasteiger partial charge in [-0.1, -0.05) is 20.8 Å². The number of likely N-dealkylation sites (N-methyl/N-ethyl adjacent to an activating group) is 1. The predicted molar refractivity (Wildman–Crippen MR) is 50.8 cm³/mol. The standard InChI is InChI=1S/C9H19NO3/c1-5-10-9(6-13-4,7(2)3)8(11)12/h7,10H,5-6H2,1-4H3,(H,11,12). The molecule has 0 aliphatic carbocycles. The van der Waals surface area contributed by atoms with Crippen LogP contribution in [0, 0.1) is 5.92 Å². The number of hydrogen-bond donors (Lipinski definition) is 2. The van der Waals surface area contributed by atoms with Crippen molar-refractivity contribution in [2.24, 2.45) is 5.92 Å². The van der Waals surface area contributed by atoms with Gasteiger partial charge in [0.05, 0.1) is 6.61 Å². The van der Waals surface area contributed by atoms with Crippen LogP contribution in [-0.4, -0.2) is 36.9 Å². The Morgan fingerprint density at radius 2 is 2.15 bits per heavy atom. The molecule has 0 saturated heterocycles. The molecule has 0 aromatic heterocycles. The van der Waals surface area contributed by atoms with Gasteiger partial charge in [0.25, 0.3) is 0 Å². The van der Waals surface area contributed by atoms with Gasteiger partial charge in [-0.2, -0.15) is 0 Å². The van der Waals surface area contributed by atoms with Crippen LogP contribution in [0.1, 0.15) is 20.8 Å². The first-order valence-corrected chi connectivity index (χ1v) is 4.48. The average Bonchev–Trinajstić information content (AvgIpc) is 2.03. The van der Waals surface area contributed by atoms with Gasteiger partial charge in [-0.05, 0) is 12.5 Å². The molecule has 0 rings (SSSR count). The molecule has 0 aliphatic rings. The fraction of sp³-hybridized carbons (Fsp3) is 0.889. The van der Waals surface area contributed by atoms with Crippen LogP contribution in [-0.2, 0) is 9.53 Å². The number of aliphatic carboxylic acids is 1. The first-order valence-electron chi connectivity index (χ1n) is 4.48. The number of hydrogen-bond acceptors (Lipinski definition) is 3. The Hall–Kier alpha value is -0.610. The number of methoxy groups -OCH3 is 1. The Bertz CT molecular complexity index is 162. The molecule has 13 heavy (non-hydrogen) atoms. The summed E-state index contributed by atoms with van der Waals surface area (Å²) in [5.41, 5.74) is -0.955. The summed E-state index contributed by atoms with van der Waals surface area (Å²) in [6, 6.07) is 0. The minimum Gasteiger partial charge on any atom is -0.480 e. The summed E-state index contributed by atoms with van der Waals surface area (Å²) in [6.45, 7) is 6.43. The molecule has 2 N–H and O–H groups in total. The molecule has 0 aliphatic heterocycles. The first kappa shape index (κ1) is 12.4. The molecule has 1 atom stereocenters. The van der Waals surface area contributed by atoms with Gasteiger partial charge in [0.1, 0.15) is 5.54 Å². The third-order valence-electron chi connectivity index (χ3n) is 2.23. The number of ether oxygens (including phenoxy) is 1. The van der Waals surface area contributed by atoms with E-state index in [0.717, 1.165) is 0 Å². The smallest absolute Gasteiger partial charge is 0.326 e.